The first-order valence-electron chi connectivity index (χ1n) is 5.45. The number of carbonyl (C=O) groups is 1. The fraction of sp³-hybridized carbons (Fsp3) is 0.417. The molecule has 19 heavy (non-hydrogen) atoms. The Labute approximate surface area is 116 Å². The number of hydrogen-bond acceptors (Lipinski definition) is 1. The summed E-state index contributed by atoms with van der Waals surface area (Å²) < 4.78 is 51.1. The third kappa shape index (κ3) is 4.19. The van der Waals surface area contributed by atoms with Crippen LogP contribution in [0.5, 0.6) is 0 Å². The molecular formula is C12H12BrF4NO. The summed E-state index contributed by atoms with van der Waals surface area (Å²) in [6.07, 6.45) is -4.53. The Morgan fingerprint density at radius 3 is 2.37 bits per heavy atom. The topological polar surface area (TPSA) is 20.3 Å². The summed E-state index contributed by atoms with van der Waals surface area (Å²) in [6.45, 7) is 1.47. The number of benzene rings is 1. The molecule has 1 rings (SSSR count). The minimum atomic E-state index is -4.53. The first-order chi connectivity index (χ1) is 8.63. The monoisotopic (exact) mass is 341 g/mol. The second-order valence-corrected chi connectivity index (χ2v) is 5.09. The van der Waals surface area contributed by atoms with E-state index in [1.807, 2.05) is 0 Å². The van der Waals surface area contributed by atoms with Gasteiger partial charge in [0.25, 0.3) is 5.91 Å². The predicted molar refractivity (Wildman–Crippen MR) is 66.3 cm³/mol. The molecule has 0 aromatic heterocycles. The molecule has 0 saturated carbocycles. The maximum atomic E-state index is 13.6. The van der Waals surface area contributed by atoms with Crippen LogP contribution in [0, 0.1) is 5.82 Å². The molecule has 0 atom stereocenters. The van der Waals surface area contributed by atoms with Crippen LogP contribution in [0.4, 0.5) is 17.6 Å². The summed E-state index contributed by atoms with van der Waals surface area (Å²) in [7, 11) is 0. The van der Waals surface area contributed by atoms with Gasteiger partial charge in [-0.25, -0.2) is 4.39 Å². The standard InChI is InChI=1S/C12H12BrF4NO/c1-7(2)18(6-12(15,16)17)11(19)10-8(13)4-3-5-9(10)14/h3-5,7H,6H2,1-2H3. The zero-order valence-corrected chi connectivity index (χ0v) is 11.8. The molecule has 0 N–H and O–H groups in total. The Morgan fingerprint density at radius 2 is 1.95 bits per heavy atom. The van der Waals surface area contributed by atoms with Crippen molar-refractivity contribution in [3.8, 4) is 0 Å². The molecule has 1 amide bonds. The quantitative estimate of drug-likeness (QED) is 0.761. The Morgan fingerprint density at radius 1 is 1.37 bits per heavy atom. The van der Waals surface area contributed by atoms with Crippen molar-refractivity contribution < 1.29 is 22.4 Å². The van der Waals surface area contributed by atoms with Gasteiger partial charge in [0.05, 0.1) is 5.56 Å². The van der Waals surface area contributed by atoms with Gasteiger partial charge in [-0.05, 0) is 41.9 Å². The first-order valence-corrected chi connectivity index (χ1v) is 6.24. The van der Waals surface area contributed by atoms with E-state index in [0.717, 1.165) is 6.07 Å². The minimum Gasteiger partial charge on any atom is -0.327 e. The average molecular weight is 342 g/mol. The molecule has 7 heteroatoms. The molecule has 0 aliphatic heterocycles. The Kier molecular flexibility index (Phi) is 4.95. The third-order valence-corrected chi connectivity index (χ3v) is 3.07. The van der Waals surface area contributed by atoms with Crippen LogP contribution < -0.4 is 0 Å². The molecule has 0 unspecified atom stereocenters. The maximum absolute atomic E-state index is 13.6. The molecular weight excluding hydrogens is 330 g/mol. The van der Waals surface area contributed by atoms with E-state index >= 15 is 0 Å². The Bertz CT molecular complexity index is 453. The van der Waals surface area contributed by atoms with Crippen LogP contribution in [-0.2, 0) is 0 Å². The highest BCUT2D eigenvalue weighted by Crippen LogP contribution is 2.25. The van der Waals surface area contributed by atoms with Gasteiger partial charge >= 0.3 is 6.18 Å². The van der Waals surface area contributed by atoms with Crippen LogP contribution in [0.25, 0.3) is 0 Å². The molecule has 1 aromatic rings. The summed E-state index contributed by atoms with van der Waals surface area (Å²) in [5, 5.41) is 0. The van der Waals surface area contributed by atoms with Crippen molar-refractivity contribution in [2.75, 3.05) is 6.54 Å². The highest BCUT2D eigenvalue weighted by Gasteiger charge is 2.35. The highest BCUT2D eigenvalue weighted by atomic mass is 79.9. The van der Waals surface area contributed by atoms with E-state index in [1.54, 1.807) is 0 Å². The summed E-state index contributed by atoms with van der Waals surface area (Å²) in [6, 6.07) is 3.10. The third-order valence-electron chi connectivity index (χ3n) is 2.41. The molecule has 0 aliphatic carbocycles. The van der Waals surface area contributed by atoms with Crippen molar-refractivity contribution in [1.82, 2.24) is 4.90 Å². The van der Waals surface area contributed by atoms with Gasteiger partial charge in [-0.1, -0.05) is 6.07 Å². The van der Waals surface area contributed by atoms with Gasteiger partial charge in [0, 0.05) is 10.5 Å². The average Bonchev–Trinajstić information content (AvgIpc) is 2.23. The summed E-state index contributed by atoms with van der Waals surface area (Å²) in [5.41, 5.74) is -0.388. The minimum absolute atomic E-state index is 0.130. The van der Waals surface area contributed by atoms with Crippen LogP contribution in [-0.4, -0.2) is 29.6 Å². The normalized spacial score (nSPS) is 11.8. The predicted octanol–water partition coefficient (Wildman–Crippen LogP) is 4.00. The number of amides is 1. The molecule has 0 aliphatic rings. The van der Waals surface area contributed by atoms with Crippen molar-refractivity contribution >= 4 is 21.8 Å². The van der Waals surface area contributed by atoms with Crippen LogP contribution >= 0.6 is 15.9 Å². The largest absolute Gasteiger partial charge is 0.406 e. The molecule has 2 nitrogen and oxygen atoms in total. The van der Waals surface area contributed by atoms with E-state index in [9.17, 15) is 22.4 Å². The number of hydrogen-bond donors (Lipinski definition) is 0. The lowest BCUT2D eigenvalue weighted by molar-refractivity contribution is -0.143. The molecule has 0 saturated heterocycles. The van der Waals surface area contributed by atoms with Gasteiger partial charge < -0.3 is 4.90 Å². The van der Waals surface area contributed by atoms with Gasteiger partial charge in [-0.15, -0.1) is 0 Å². The highest BCUT2D eigenvalue weighted by molar-refractivity contribution is 9.10. The van der Waals surface area contributed by atoms with Crippen molar-refractivity contribution in [2.24, 2.45) is 0 Å². The van der Waals surface area contributed by atoms with Gasteiger partial charge in [0.1, 0.15) is 12.4 Å². The van der Waals surface area contributed by atoms with Crippen molar-refractivity contribution in [3.63, 3.8) is 0 Å². The Balaban J connectivity index is 3.14. The Hall–Kier alpha value is -1.11. The number of alkyl halides is 3. The van der Waals surface area contributed by atoms with E-state index in [1.165, 1.54) is 26.0 Å². The van der Waals surface area contributed by atoms with Crippen molar-refractivity contribution in [1.29, 1.82) is 0 Å². The second-order valence-electron chi connectivity index (χ2n) is 4.24. The number of carbonyl (C=O) groups excluding carboxylic acids is 1. The van der Waals surface area contributed by atoms with Crippen LogP contribution in [0.15, 0.2) is 22.7 Å². The van der Waals surface area contributed by atoms with E-state index in [4.69, 9.17) is 0 Å². The van der Waals surface area contributed by atoms with E-state index in [2.05, 4.69) is 15.9 Å². The first kappa shape index (κ1) is 15.9. The molecule has 0 heterocycles. The molecule has 0 bridgehead atoms. The summed E-state index contributed by atoms with van der Waals surface area (Å²) in [5.74, 6) is -1.84. The van der Waals surface area contributed by atoms with Gasteiger partial charge in [0.2, 0.25) is 0 Å². The fourth-order valence-electron chi connectivity index (χ4n) is 1.53. The van der Waals surface area contributed by atoms with Gasteiger partial charge in [-0.3, -0.25) is 4.79 Å². The zero-order chi connectivity index (χ0) is 14.8. The van der Waals surface area contributed by atoms with Crippen LogP contribution in [0.1, 0.15) is 24.2 Å². The van der Waals surface area contributed by atoms with Gasteiger partial charge in [0.15, 0.2) is 0 Å². The van der Waals surface area contributed by atoms with Crippen molar-refractivity contribution in [2.45, 2.75) is 26.1 Å². The summed E-state index contributed by atoms with van der Waals surface area (Å²) >= 11 is 2.98. The molecule has 0 radical (unpaired) electrons. The molecule has 1 aromatic carbocycles. The van der Waals surface area contributed by atoms with Gasteiger partial charge in [-0.2, -0.15) is 13.2 Å². The lowest BCUT2D eigenvalue weighted by atomic mass is 10.1. The van der Waals surface area contributed by atoms with E-state index in [0.29, 0.717) is 4.90 Å². The van der Waals surface area contributed by atoms with Crippen LogP contribution in [0.3, 0.4) is 0 Å². The van der Waals surface area contributed by atoms with Crippen LogP contribution in [0.2, 0.25) is 0 Å². The summed E-state index contributed by atoms with van der Waals surface area (Å²) in [4.78, 5) is 12.6. The maximum Gasteiger partial charge on any atom is 0.406 e. The number of halogens is 5. The SMILES string of the molecule is CC(C)N(CC(F)(F)F)C(=O)c1c(F)cccc1Br. The fourth-order valence-corrected chi connectivity index (χ4v) is 2.04. The van der Waals surface area contributed by atoms with Crippen molar-refractivity contribution in [3.05, 3.63) is 34.1 Å². The second kappa shape index (κ2) is 5.90. The number of nitrogens with zero attached hydrogens (tertiary/aromatic N) is 1. The lowest BCUT2D eigenvalue weighted by Gasteiger charge is -2.28. The van der Waals surface area contributed by atoms with E-state index in [-0.39, 0.29) is 10.0 Å². The number of rotatable bonds is 3. The molecule has 0 spiro atoms. The molecule has 0 fully saturated rings. The molecule has 106 valence electrons. The van der Waals surface area contributed by atoms with E-state index < -0.39 is 30.5 Å². The smallest absolute Gasteiger partial charge is 0.327 e. The zero-order valence-electron chi connectivity index (χ0n) is 10.3. The lowest BCUT2D eigenvalue weighted by Crippen LogP contribution is -2.43.